The summed E-state index contributed by atoms with van der Waals surface area (Å²) in [6, 6.07) is 10.2. The van der Waals surface area contributed by atoms with E-state index in [0.29, 0.717) is 5.56 Å². The fourth-order valence-electron chi connectivity index (χ4n) is 1.83. The van der Waals surface area contributed by atoms with Crippen molar-refractivity contribution >= 4 is 17.5 Å². The molecule has 0 aromatic heterocycles. The lowest BCUT2D eigenvalue weighted by molar-refractivity contribution is 0.104. The zero-order valence-electron chi connectivity index (χ0n) is 11.8. The van der Waals surface area contributed by atoms with Gasteiger partial charge in [-0.3, -0.25) is 4.79 Å². The summed E-state index contributed by atoms with van der Waals surface area (Å²) in [4.78, 5) is 13.9. The van der Waals surface area contributed by atoms with Crippen LogP contribution in [-0.4, -0.2) is 19.9 Å². The number of halogens is 2. The van der Waals surface area contributed by atoms with Gasteiger partial charge in [-0.15, -0.1) is 0 Å². The summed E-state index contributed by atoms with van der Waals surface area (Å²) in [5.74, 6) is -1.37. The van der Waals surface area contributed by atoms with Gasteiger partial charge in [0, 0.05) is 30.9 Å². The largest absolute Gasteiger partial charge is 0.378 e. The molecule has 21 heavy (non-hydrogen) atoms. The van der Waals surface area contributed by atoms with Crippen molar-refractivity contribution in [1.82, 2.24) is 0 Å². The molecule has 2 rings (SSSR count). The van der Waals surface area contributed by atoms with Gasteiger partial charge in [-0.25, -0.2) is 8.78 Å². The van der Waals surface area contributed by atoms with Gasteiger partial charge in [0.15, 0.2) is 5.78 Å². The molecule has 0 amide bonds. The second-order valence-electron chi connectivity index (χ2n) is 4.80. The first kappa shape index (κ1) is 14.9. The standard InChI is InChI=1S/C17H15F2NO/c1-20(2)15-7-3-12(4-8-15)17(21)10-5-13-11-14(18)6-9-16(13)19/h3-11H,1-2H3/b10-5+. The smallest absolute Gasteiger partial charge is 0.185 e. The van der Waals surface area contributed by atoms with Gasteiger partial charge < -0.3 is 4.90 Å². The summed E-state index contributed by atoms with van der Waals surface area (Å²) in [6.07, 6.45) is 2.52. The van der Waals surface area contributed by atoms with Crippen LogP contribution in [0.15, 0.2) is 48.5 Å². The second-order valence-corrected chi connectivity index (χ2v) is 4.80. The Morgan fingerprint density at radius 3 is 2.33 bits per heavy atom. The van der Waals surface area contributed by atoms with E-state index in [2.05, 4.69) is 0 Å². The molecule has 108 valence electrons. The zero-order chi connectivity index (χ0) is 15.4. The third-order valence-electron chi connectivity index (χ3n) is 3.04. The van der Waals surface area contributed by atoms with E-state index in [4.69, 9.17) is 0 Å². The van der Waals surface area contributed by atoms with Crippen LogP contribution < -0.4 is 4.90 Å². The van der Waals surface area contributed by atoms with Crippen molar-refractivity contribution in [2.24, 2.45) is 0 Å². The highest BCUT2D eigenvalue weighted by Gasteiger charge is 2.04. The van der Waals surface area contributed by atoms with Gasteiger partial charge in [0.25, 0.3) is 0 Å². The minimum Gasteiger partial charge on any atom is -0.378 e. The Balaban J connectivity index is 2.17. The fraction of sp³-hybridized carbons (Fsp3) is 0.118. The van der Waals surface area contributed by atoms with Crippen LogP contribution in [-0.2, 0) is 0 Å². The van der Waals surface area contributed by atoms with Crippen LogP contribution in [0.25, 0.3) is 6.08 Å². The summed E-state index contributed by atoms with van der Waals surface area (Å²) in [5.41, 5.74) is 1.52. The normalized spacial score (nSPS) is 10.9. The number of nitrogens with zero attached hydrogens (tertiary/aromatic N) is 1. The van der Waals surface area contributed by atoms with E-state index in [9.17, 15) is 13.6 Å². The first-order valence-corrected chi connectivity index (χ1v) is 6.42. The molecule has 0 aliphatic heterocycles. The van der Waals surface area contributed by atoms with Gasteiger partial charge >= 0.3 is 0 Å². The number of benzene rings is 2. The lowest BCUT2D eigenvalue weighted by atomic mass is 10.1. The summed E-state index contributed by atoms with van der Waals surface area (Å²) < 4.78 is 26.5. The number of carbonyl (C=O) groups excluding carboxylic acids is 1. The Kier molecular flexibility index (Phi) is 4.48. The Morgan fingerprint density at radius 2 is 1.71 bits per heavy atom. The van der Waals surface area contributed by atoms with Crippen molar-refractivity contribution in [2.45, 2.75) is 0 Å². The molecule has 0 unspecified atom stereocenters. The Bertz CT molecular complexity index is 676. The molecular weight excluding hydrogens is 272 g/mol. The average Bonchev–Trinajstić information content (AvgIpc) is 2.48. The van der Waals surface area contributed by atoms with Gasteiger partial charge in [-0.2, -0.15) is 0 Å². The van der Waals surface area contributed by atoms with Crippen LogP contribution in [0.1, 0.15) is 15.9 Å². The summed E-state index contributed by atoms with van der Waals surface area (Å²) in [5, 5.41) is 0. The minimum atomic E-state index is -0.566. The number of rotatable bonds is 4. The number of allylic oxidation sites excluding steroid dienone is 1. The van der Waals surface area contributed by atoms with Crippen LogP contribution in [0.4, 0.5) is 14.5 Å². The van der Waals surface area contributed by atoms with E-state index >= 15 is 0 Å². The van der Waals surface area contributed by atoms with Crippen molar-refractivity contribution in [3.05, 3.63) is 71.3 Å². The highest BCUT2D eigenvalue weighted by molar-refractivity contribution is 6.06. The first-order valence-electron chi connectivity index (χ1n) is 6.42. The molecule has 2 nitrogen and oxygen atoms in total. The maximum atomic E-state index is 13.4. The highest BCUT2D eigenvalue weighted by atomic mass is 19.1. The highest BCUT2D eigenvalue weighted by Crippen LogP contribution is 2.15. The molecule has 0 aliphatic rings. The van der Waals surface area contributed by atoms with Crippen molar-refractivity contribution in [3.63, 3.8) is 0 Å². The maximum absolute atomic E-state index is 13.4. The molecule has 0 saturated heterocycles. The molecule has 0 saturated carbocycles. The van der Waals surface area contributed by atoms with Gasteiger partial charge in [-0.05, 0) is 54.6 Å². The van der Waals surface area contributed by atoms with Crippen LogP contribution in [0.5, 0.6) is 0 Å². The van der Waals surface area contributed by atoms with Crippen molar-refractivity contribution in [1.29, 1.82) is 0 Å². The predicted octanol–water partition coefficient (Wildman–Crippen LogP) is 3.93. The molecule has 0 aliphatic carbocycles. The fourth-order valence-corrected chi connectivity index (χ4v) is 1.83. The van der Waals surface area contributed by atoms with E-state index < -0.39 is 11.6 Å². The molecule has 0 radical (unpaired) electrons. The van der Waals surface area contributed by atoms with Crippen molar-refractivity contribution in [3.8, 4) is 0 Å². The summed E-state index contributed by atoms with van der Waals surface area (Å²) in [7, 11) is 3.81. The van der Waals surface area contributed by atoms with E-state index in [1.54, 1.807) is 12.1 Å². The molecular formula is C17H15F2NO. The van der Waals surface area contributed by atoms with Crippen LogP contribution in [0.3, 0.4) is 0 Å². The van der Waals surface area contributed by atoms with Gasteiger partial charge in [0.2, 0.25) is 0 Å². The number of hydrogen-bond donors (Lipinski definition) is 0. The van der Waals surface area contributed by atoms with E-state index in [1.807, 2.05) is 31.1 Å². The molecule has 2 aromatic rings. The topological polar surface area (TPSA) is 20.3 Å². The summed E-state index contributed by atoms with van der Waals surface area (Å²) >= 11 is 0. The third-order valence-corrected chi connectivity index (χ3v) is 3.04. The number of carbonyl (C=O) groups is 1. The van der Waals surface area contributed by atoms with E-state index in [0.717, 1.165) is 23.9 Å². The van der Waals surface area contributed by atoms with Crippen LogP contribution in [0, 0.1) is 11.6 Å². The quantitative estimate of drug-likeness (QED) is 0.627. The zero-order valence-corrected chi connectivity index (χ0v) is 11.8. The average molecular weight is 287 g/mol. The molecule has 0 bridgehead atoms. The van der Waals surface area contributed by atoms with Crippen molar-refractivity contribution in [2.75, 3.05) is 19.0 Å². The van der Waals surface area contributed by atoms with Gasteiger partial charge in [-0.1, -0.05) is 0 Å². The molecule has 0 atom stereocenters. The molecule has 0 spiro atoms. The summed E-state index contributed by atoms with van der Waals surface area (Å²) in [6.45, 7) is 0. The molecule has 2 aromatic carbocycles. The number of hydrogen-bond acceptors (Lipinski definition) is 2. The Hall–Kier alpha value is -2.49. The van der Waals surface area contributed by atoms with Gasteiger partial charge in [0.1, 0.15) is 11.6 Å². The molecule has 0 N–H and O–H groups in total. The van der Waals surface area contributed by atoms with Crippen LogP contribution in [0.2, 0.25) is 0 Å². The van der Waals surface area contributed by atoms with Crippen molar-refractivity contribution < 1.29 is 13.6 Å². The Labute approximate surface area is 122 Å². The first-order chi connectivity index (χ1) is 9.97. The van der Waals surface area contributed by atoms with E-state index in [1.165, 1.54) is 12.2 Å². The molecule has 0 heterocycles. The third kappa shape index (κ3) is 3.75. The molecule has 0 fully saturated rings. The molecule has 4 heteroatoms. The maximum Gasteiger partial charge on any atom is 0.185 e. The number of anilines is 1. The second kappa shape index (κ2) is 6.31. The number of ketones is 1. The SMILES string of the molecule is CN(C)c1ccc(C(=O)/C=C/c2cc(F)ccc2F)cc1. The monoisotopic (exact) mass is 287 g/mol. The Morgan fingerprint density at radius 1 is 1.05 bits per heavy atom. The minimum absolute atomic E-state index is 0.0493. The van der Waals surface area contributed by atoms with E-state index in [-0.39, 0.29) is 11.3 Å². The lowest BCUT2D eigenvalue weighted by Gasteiger charge is -2.11. The predicted molar refractivity (Wildman–Crippen MR) is 80.5 cm³/mol. The van der Waals surface area contributed by atoms with Crippen LogP contribution >= 0.6 is 0 Å². The van der Waals surface area contributed by atoms with Gasteiger partial charge in [0.05, 0.1) is 0 Å². The lowest BCUT2D eigenvalue weighted by Crippen LogP contribution is -2.08.